The van der Waals surface area contributed by atoms with Gasteiger partial charge in [0.2, 0.25) is 0 Å². The van der Waals surface area contributed by atoms with E-state index >= 15 is 0 Å². The fourth-order valence-electron chi connectivity index (χ4n) is 2.22. The lowest BCUT2D eigenvalue weighted by Crippen LogP contribution is -2.29. The molecule has 0 fully saturated rings. The summed E-state index contributed by atoms with van der Waals surface area (Å²) in [6, 6.07) is 7.71. The van der Waals surface area contributed by atoms with E-state index in [-0.39, 0.29) is 22.8 Å². The molecule has 0 aromatic heterocycles. The van der Waals surface area contributed by atoms with Crippen LogP contribution in [-0.2, 0) is 11.3 Å². The molecule has 0 aliphatic carbocycles. The molecule has 106 valence electrons. The van der Waals surface area contributed by atoms with Crippen molar-refractivity contribution in [2.75, 3.05) is 4.90 Å². The Hall–Kier alpha value is -2.27. The predicted octanol–water partition coefficient (Wildman–Crippen LogP) is 3.35. The van der Waals surface area contributed by atoms with Gasteiger partial charge in [0, 0.05) is 0 Å². The van der Waals surface area contributed by atoms with Gasteiger partial charge in [-0.1, -0.05) is 23.7 Å². The van der Waals surface area contributed by atoms with E-state index in [1.807, 2.05) is 0 Å². The molecule has 2 aromatic rings. The van der Waals surface area contributed by atoms with Gasteiger partial charge in [0.25, 0.3) is 11.7 Å². The van der Waals surface area contributed by atoms with E-state index in [2.05, 4.69) is 0 Å². The van der Waals surface area contributed by atoms with Crippen molar-refractivity contribution in [3.8, 4) is 0 Å². The number of carbonyl (C=O) groups excluding carboxylic acids is 2. The fraction of sp³-hybridized carbons (Fsp3) is 0.0667. The second-order valence-electron chi connectivity index (χ2n) is 4.63. The predicted molar refractivity (Wildman–Crippen MR) is 73.3 cm³/mol. The molecular formula is C15H8ClF2NO2. The van der Waals surface area contributed by atoms with Gasteiger partial charge in [-0.2, -0.15) is 0 Å². The topological polar surface area (TPSA) is 37.4 Å². The van der Waals surface area contributed by atoms with E-state index in [0.29, 0.717) is 5.56 Å². The summed E-state index contributed by atoms with van der Waals surface area (Å²) in [5.41, 5.74) is 0.880. The van der Waals surface area contributed by atoms with Crippen molar-refractivity contribution in [1.82, 2.24) is 0 Å². The number of anilines is 1. The van der Waals surface area contributed by atoms with Gasteiger partial charge in [-0.25, -0.2) is 8.78 Å². The molecule has 1 aliphatic rings. The summed E-state index contributed by atoms with van der Waals surface area (Å²) in [6.45, 7) is 0.0545. The van der Waals surface area contributed by atoms with Gasteiger partial charge in [0.15, 0.2) is 0 Å². The lowest BCUT2D eigenvalue weighted by Gasteiger charge is -2.16. The number of hydrogen-bond donors (Lipinski definition) is 0. The zero-order valence-corrected chi connectivity index (χ0v) is 11.3. The highest BCUT2D eigenvalue weighted by atomic mass is 35.5. The van der Waals surface area contributed by atoms with Crippen molar-refractivity contribution in [2.45, 2.75) is 6.54 Å². The molecule has 0 unspecified atom stereocenters. The van der Waals surface area contributed by atoms with Crippen molar-refractivity contribution >= 4 is 29.0 Å². The Morgan fingerprint density at radius 2 is 1.71 bits per heavy atom. The van der Waals surface area contributed by atoms with Gasteiger partial charge in [-0.15, -0.1) is 0 Å². The summed E-state index contributed by atoms with van der Waals surface area (Å²) in [4.78, 5) is 25.0. The van der Waals surface area contributed by atoms with E-state index in [4.69, 9.17) is 11.6 Å². The van der Waals surface area contributed by atoms with Crippen LogP contribution in [0.1, 0.15) is 15.9 Å². The quantitative estimate of drug-likeness (QED) is 0.798. The Labute approximate surface area is 123 Å². The van der Waals surface area contributed by atoms with E-state index in [9.17, 15) is 18.4 Å². The smallest absolute Gasteiger partial charge is 0.299 e. The molecule has 0 atom stereocenters. The summed E-state index contributed by atoms with van der Waals surface area (Å²) < 4.78 is 26.4. The van der Waals surface area contributed by atoms with Crippen molar-refractivity contribution < 1.29 is 18.4 Å². The molecule has 1 amide bonds. The van der Waals surface area contributed by atoms with Crippen LogP contribution in [0.3, 0.4) is 0 Å². The van der Waals surface area contributed by atoms with Crippen LogP contribution in [0.15, 0.2) is 36.4 Å². The molecule has 2 aromatic carbocycles. The van der Waals surface area contributed by atoms with Crippen molar-refractivity contribution in [1.29, 1.82) is 0 Å². The summed E-state index contributed by atoms with van der Waals surface area (Å²) >= 11 is 5.63. The third kappa shape index (κ3) is 2.29. The normalized spacial score (nSPS) is 13.8. The number of halogens is 3. The third-order valence-electron chi connectivity index (χ3n) is 3.27. The molecule has 0 saturated carbocycles. The molecule has 6 heteroatoms. The Balaban J connectivity index is 2.01. The van der Waals surface area contributed by atoms with Crippen LogP contribution in [0, 0.1) is 11.6 Å². The van der Waals surface area contributed by atoms with Crippen LogP contribution in [0.5, 0.6) is 0 Å². The SMILES string of the molecule is O=C1C(=O)N(Cc2ccc(F)cc2)c2cc(F)c(Cl)cc21. The van der Waals surface area contributed by atoms with Crippen molar-refractivity contribution in [2.24, 2.45) is 0 Å². The van der Waals surface area contributed by atoms with E-state index in [1.54, 1.807) is 0 Å². The van der Waals surface area contributed by atoms with E-state index < -0.39 is 23.3 Å². The maximum atomic E-state index is 13.6. The van der Waals surface area contributed by atoms with Gasteiger partial charge >= 0.3 is 0 Å². The van der Waals surface area contributed by atoms with E-state index in [0.717, 1.165) is 17.0 Å². The van der Waals surface area contributed by atoms with Gasteiger partial charge in [-0.3, -0.25) is 9.59 Å². The monoisotopic (exact) mass is 307 g/mol. The summed E-state index contributed by atoms with van der Waals surface area (Å²) in [6.07, 6.45) is 0. The standard InChI is InChI=1S/C15H8ClF2NO2/c16-11-5-10-13(6-12(11)18)19(15(21)14(10)20)7-8-1-3-9(17)4-2-8/h1-6H,7H2. The first-order valence-electron chi connectivity index (χ1n) is 6.07. The Morgan fingerprint density at radius 3 is 2.38 bits per heavy atom. The minimum atomic E-state index is -0.754. The third-order valence-corrected chi connectivity index (χ3v) is 3.56. The molecule has 1 heterocycles. The van der Waals surface area contributed by atoms with Gasteiger partial charge < -0.3 is 4.90 Å². The van der Waals surface area contributed by atoms with Crippen molar-refractivity contribution in [3.05, 3.63) is 64.2 Å². The highest BCUT2D eigenvalue weighted by molar-refractivity contribution is 6.52. The first-order chi connectivity index (χ1) is 9.97. The number of benzene rings is 2. The first kappa shape index (κ1) is 13.7. The molecule has 0 spiro atoms. The zero-order chi connectivity index (χ0) is 15.1. The van der Waals surface area contributed by atoms with E-state index in [1.165, 1.54) is 24.3 Å². The first-order valence-corrected chi connectivity index (χ1v) is 6.45. The van der Waals surface area contributed by atoms with Crippen LogP contribution in [0.2, 0.25) is 5.02 Å². The lowest BCUT2D eigenvalue weighted by molar-refractivity contribution is -0.114. The molecule has 0 radical (unpaired) electrons. The van der Waals surface area contributed by atoms with Crippen LogP contribution < -0.4 is 4.90 Å². The van der Waals surface area contributed by atoms with Crippen LogP contribution in [-0.4, -0.2) is 11.7 Å². The molecular weight excluding hydrogens is 300 g/mol. The Bertz CT molecular complexity index is 759. The van der Waals surface area contributed by atoms with Crippen molar-refractivity contribution in [3.63, 3.8) is 0 Å². The summed E-state index contributed by atoms with van der Waals surface area (Å²) in [7, 11) is 0. The lowest BCUT2D eigenvalue weighted by atomic mass is 10.1. The summed E-state index contributed by atoms with van der Waals surface area (Å²) in [5, 5.41) is -0.210. The number of amides is 1. The van der Waals surface area contributed by atoms with Gasteiger partial charge in [0.05, 0.1) is 22.8 Å². The van der Waals surface area contributed by atoms with Gasteiger partial charge in [-0.05, 0) is 29.8 Å². The molecule has 0 bridgehead atoms. The second kappa shape index (κ2) is 4.93. The molecule has 3 nitrogen and oxygen atoms in total. The Morgan fingerprint density at radius 1 is 1.05 bits per heavy atom. The van der Waals surface area contributed by atoms with Crippen LogP contribution >= 0.6 is 11.6 Å². The number of hydrogen-bond acceptors (Lipinski definition) is 2. The molecule has 21 heavy (non-hydrogen) atoms. The average Bonchev–Trinajstić information content (AvgIpc) is 2.67. The second-order valence-corrected chi connectivity index (χ2v) is 5.04. The van der Waals surface area contributed by atoms with Crippen LogP contribution in [0.4, 0.5) is 14.5 Å². The number of nitrogens with zero attached hydrogens (tertiary/aromatic N) is 1. The molecule has 1 aliphatic heterocycles. The molecule has 0 saturated heterocycles. The number of carbonyl (C=O) groups is 2. The number of ketones is 1. The highest BCUT2D eigenvalue weighted by Gasteiger charge is 2.36. The maximum absolute atomic E-state index is 13.6. The van der Waals surface area contributed by atoms with Gasteiger partial charge in [0.1, 0.15) is 11.6 Å². The highest BCUT2D eigenvalue weighted by Crippen LogP contribution is 2.34. The zero-order valence-electron chi connectivity index (χ0n) is 10.6. The number of Topliss-reactive ketones (excluding diaryl/α,β-unsaturated/α-hetero) is 1. The number of rotatable bonds is 2. The minimum absolute atomic E-state index is 0.0545. The Kier molecular flexibility index (Phi) is 3.22. The minimum Gasteiger partial charge on any atom is -0.300 e. The molecule has 0 N–H and O–H groups in total. The largest absolute Gasteiger partial charge is 0.300 e. The molecule has 3 rings (SSSR count). The average molecular weight is 308 g/mol. The fourth-order valence-corrected chi connectivity index (χ4v) is 2.38. The summed E-state index contributed by atoms with van der Waals surface area (Å²) in [5.74, 6) is -2.59. The number of fused-ring (bicyclic) bond motifs is 1. The van der Waals surface area contributed by atoms with Crippen LogP contribution in [0.25, 0.3) is 0 Å². The maximum Gasteiger partial charge on any atom is 0.299 e.